The number of hydrogen-bond donors (Lipinski definition) is 1. The van der Waals surface area contributed by atoms with Gasteiger partial charge in [-0.3, -0.25) is 9.59 Å². The van der Waals surface area contributed by atoms with Crippen LogP contribution in [-0.2, 0) is 20.9 Å². The summed E-state index contributed by atoms with van der Waals surface area (Å²) in [5, 5.41) is 11.0. The highest BCUT2D eigenvalue weighted by molar-refractivity contribution is 9.10. The number of rotatable bonds is 5. The number of nitrogens with zero attached hydrogens (tertiary/aromatic N) is 1. The Kier molecular flexibility index (Phi) is 5.96. The van der Waals surface area contributed by atoms with Gasteiger partial charge in [0.15, 0.2) is 0 Å². The van der Waals surface area contributed by atoms with Crippen LogP contribution < -0.4 is 0 Å². The number of amides is 1. The topological polar surface area (TPSA) is 97.0 Å². The Morgan fingerprint density at radius 2 is 1.72 bits per heavy atom. The van der Waals surface area contributed by atoms with E-state index < -0.39 is 23.7 Å². The Bertz CT molecular complexity index is 1200. The summed E-state index contributed by atoms with van der Waals surface area (Å²) in [7, 11) is 1.28. The zero-order chi connectivity index (χ0) is 22.8. The number of furan rings is 1. The van der Waals surface area contributed by atoms with Gasteiger partial charge < -0.3 is 19.2 Å². The number of benzene rings is 2. The third-order valence-corrected chi connectivity index (χ3v) is 5.74. The molecule has 1 aromatic heterocycles. The molecular formula is C24H18BrNO6. The standard InChI is InChI=1S/C24H18BrNO6/c1-31-24(30)16-6-4-14(5-7-16)20-19(21(27)15-8-10-17(25)11-9-15)22(28)23(29)26(20)13-18-3-2-12-32-18/h2-12,20,27H,13H2,1H3. The maximum Gasteiger partial charge on any atom is 0.337 e. The van der Waals surface area contributed by atoms with E-state index in [-0.39, 0.29) is 17.9 Å². The molecule has 0 spiro atoms. The molecule has 4 rings (SSSR count). The maximum atomic E-state index is 13.0. The van der Waals surface area contributed by atoms with Crippen molar-refractivity contribution in [2.24, 2.45) is 0 Å². The molecule has 8 heteroatoms. The second kappa shape index (κ2) is 8.84. The minimum absolute atomic E-state index is 0.0327. The summed E-state index contributed by atoms with van der Waals surface area (Å²) in [6.07, 6.45) is 1.48. The molecule has 0 aliphatic carbocycles. The van der Waals surface area contributed by atoms with E-state index in [1.807, 2.05) is 0 Å². The lowest BCUT2D eigenvalue weighted by Gasteiger charge is -2.24. The molecule has 7 nitrogen and oxygen atoms in total. The van der Waals surface area contributed by atoms with Crippen LogP contribution in [0.15, 0.2) is 81.4 Å². The van der Waals surface area contributed by atoms with Crippen molar-refractivity contribution in [1.82, 2.24) is 4.90 Å². The third kappa shape index (κ3) is 3.97. The summed E-state index contributed by atoms with van der Waals surface area (Å²) in [5.41, 5.74) is 1.25. The van der Waals surface area contributed by atoms with Crippen LogP contribution in [0.25, 0.3) is 5.76 Å². The average Bonchev–Trinajstić information content (AvgIpc) is 3.41. The molecule has 1 saturated heterocycles. The summed E-state index contributed by atoms with van der Waals surface area (Å²) in [6.45, 7) is 0.0398. The van der Waals surface area contributed by atoms with Crippen LogP contribution in [0.1, 0.15) is 33.3 Å². The van der Waals surface area contributed by atoms with Crippen LogP contribution in [0.3, 0.4) is 0 Å². The van der Waals surface area contributed by atoms with Crippen molar-refractivity contribution >= 4 is 39.3 Å². The van der Waals surface area contributed by atoms with Gasteiger partial charge in [0.2, 0.25) is 0 Å². The largest absolute Gasteiger partial charge is 0.507 e. The van der Waals surface area contributed by atoms with Crippen molar-refractivity contribution in [1.29, 1.82) is 0 Å². The average molecular weight is 496 g/mol. The molecule has 1 atom stereocenters. The van der Waals surface area contributed by atoms with Crippen LogP contribution >= 0.6 is 15.9 Å². The Morgan fingerprint density at radius 3 is 2.31 bits per heavy atom. The van der Waals surface area contributed by atoms with E-state index in [4.69, 9.17) is 9.15 Å². The number of aliphatic hydroxyl groups is 1. The van der Waals surface area contributed by atoms with Gasteiger partial charge in [0.05, 0.1) is 37.1 Å². The predicted octanol–water partition coefficient (Wildman–Crippen LogP) is 4.45. The van der Waals surface area contributed by atoms with Gasteiger partial charge in [-0.1, -0.05) is 40.2 Å². The molecule has 1 N–H and O–H groups in total. The summed E-state index contributed by atoms with van der Waals surface area (Å²) in [5.74, 6) is -1.83. The molecular weight excluding hydrogens is 478 g/mol. The molecule has 1 amide bonds. The number of likely N-dealkylation sites (tertiary alicyclic amines) is 1. The molecule has 3 aromatic rings. The van der Waals surface area contributed by atoms with Gasteiger partial charge in [0, 0.05) is 10.0 Å². The molecule has 1 aliphatic heterocycles. The van der Waals surface area contributed by atoms with Crippen LogP contribution in [0, 0.1) is 0 Å². The predicted molar refractivity (Wildman–Crippen MR) is 118 cm³/mol. The smallest absolute Gasteiger partial charge is 0.337 e. The summed E-state index contributed by atoms with van der Waals surface area (Å²) in [6, 6.07) is 15.6. The van der Waals surface area contributed by atoms with E-state index in [2.05, 4.69) is 15.9 Å². The van der Waals surface area contributed by atoms with Gasteiger partial charge in [-0.15, -0.1) is 0 Å². The fourth-order valence-electron chi connectivity index (χ4n) is 3.64. The summed E-state index contributed by atoms with van der Waals surface area (Å²) >= 11 is 3.34. The number of esters is 1. The molecule has 1 fully saturated rings. The second-order valence-corrected chi connectivity index (χ2v) is 8.04. The quantitative estimate of drug-likeness (QED) is 0.243. The Balaban J connectivity index is 1.84. The molecule has 0 bridgehead atoms. The number of methoxy groups -OCH3 is 1. The van der Waals surface area contributed by atoms with Gasteiger partial charge in [-0.05, 0) is 42.0 Å². The first-order valence-electron chi connectivity index (χ1n) is 9.65. The molecule has 1 aliphatic rings. The first-order chi connectivity index (χ1) is 15.4. The zero-order valence-electron chi connectivity index (χ0n) is 16.9. The van der Waals surface area contributed by atoms with Gasteiger partial charge in [-0.25, -0.2) is 4.79 Å². The van der Waals surface area contributed by atoms with Gasteiger partial charge in [0.1, 0.15) is 11.5 Å². The van der Waals surface area contributed by atoms with Crippen molar-refractivity contribution in [3.8, 4) is 0 Å². The summed E-state index contributed by atoms with van der Waals surface area (Å²) < 4.78 is 10.9. The van der Waals surface area contributed by atoms with Crippen LogP contribution in [0.2, 0.25) is 0 Å². The van der Waals surface area contributed by atoms with Crippen LogP contribution in [0.4, 0.5) is 0 Å². The van der Waals surface area contributed by atoms with E-state index in [0.29, 0.717) is 22.5 Å². The fraction of sp³-hybridized carbons (Fsp3) is 0.125. The third-order valence-electron chi connectivity index (χ3n) is 5.21. The van der Waals surface area contributed by atoms with Crippen molar-refractivity contribution in [3.63, 3.8) is 0 Å². The molecule has 2 heterocycles. The molecule has 1 unspecified atom stereocenters. The van der Waals surface area contributed by atoms with Gasteiger partial charge in [-0.2, -0.15) is 0 Å². The first kappa shape index (κ1) is 21.6. The highest BCUT2D eigenvalue weighted by atomic mass is 79.9. The maximum absolute atomic E-state index is 13.0. The molecule has 0 radical (unpaired) electrons. The highest BCUT2D eigenvalue weighted by Crippen LogP contribution is 2.40. The number of carbonyl (C=O) groups is 3. The Hall–Kier alpha value is -3.65. The number of ketones is 1. The zero-order valence-corrected chi connectivity index (χ0v) is 18.5. The highest BCUT2D eigenvalue weighted by Gasteiger charge is 2.46. The second-order valence-electron chi connectivity index (χ2n) is 7.13. The minimum atomic E-state index is -0.865. The number of Topliss-reactive ketones (excluding diaryl/α,β-unsaturated/α-hetero) is 1. The number of hydrogen-bond acceptors (Lipinski definition) is 6. The van der Waals surface area contributed by atoms with E-state index in [1.165, 1.54) is 18.3 Å². The molecule has 2 aromatic carbocycles. The number of ether oxygens (including phenoxy) is 1. The van der Waals surface area contributed by atoms with E-state index in [9.17, 15) is 19.5 Å². The number of aliphatic hydroxyl groups excluding tert-OH is 1. The lowest BCUT2D eigenvalue weighted by Crippen LogP contribution is -2.29. The molecule has 0 saturated carbocycles. The van der Waals surface area contributed by atoms with Crippen LogP contribution in [-0.4, -0.2) is 34.8 Å². The van der Waals surface area contributed by atoms with E-state index >= 15 is 0 Å². The van der Waals surface area contributed by atoms with Crippen molar-refractivity contribution in [2.45, 2.75) is 12.6 Å². The number of halogens is 1. The Labute approximate surface area is 192 Å². The van der Waals surface area contributed by atoms with Crippen molar-refractivity contribution < 1.29 is 28.6 Å². The Morgan fingerprint density at radius 1 is 1.06 bits per heavy atom. The van der Waals surface area contributed by atoms with Crippen LogP contribution in [0.5, 0.6) is 0 Å². The lowest BCUT2D eigenvalue weighted by atomic mass is 9.94. The lowest BCUT2D eigenvalue weighted by molar-refractivity contribution is -0.140. The van der Waals surface area contributed by atoms with Crippen molar-refractivity contribution in [3.05, 3.63) is 99.4 Å². The van der Waals surface area contributed by atoms with E-state index in [0.717, 1.165) is 4.47 Å². The van der Waals surface area contributed by atoms with Gasteiger partial charge >= 0.3 is 5.97 Å². The molecule has 162 valence electrons. The number of carbonyl (C=O) groups excluding carboxylic acids is 3. The summed E-state index contributed by atoms with van der Waals surface area (Å²) in [4.78, 5) is 39.1. The minimum Gasteiger partial charge on any atom is -0.507 e. The van der Waals surface area contributed by atoms with Crippen molar-refractivity contribution in [2.75, 3.05) is 7.11 Å². The van der Waals surface area contributed by atoms with E-state index in [1.54, 1.807) is 60.7 Å². The normalized spacial score (nSPS) is 17.6. The first-order valence-corrected chi connectivity index (χ1v) is 10.4. The SMILES string of the molecule is COC(=O)c1ccc(C2C(=C(O)c3ccc(Br)cc3)C(=O)C(=O)N2Cc2ccco2)cc1. The molecule has 32 heavy (non-hydrogen) atoms. The van der Waals surface area contributed by atoms with Gasteiger partial charge in [0.25, 0.3) is 11.7 Å². The monoisotopic (exact) mass is 495 g/mol. The fourth-order valence-corrected chi connectivity index (χ4v) is 3.91.